The van der Waals surface area contributed by atoms with Crippen molar-refractivity contribution in [3.05, 3.63) is 48.5 Å². The molecule has 1 aliphatic heterocycles. The molecule has 102 valence electrons. The van der Waals surface area contributed by atoms with Crippen molar-refractivity contribution in [3.63, 3.8) is 0 Å². The molecule has 1 N–H and O–H groups in total. The number of carbonyl (C=O) groups is 1. The molecule has 0 unspecified atom stereocenters. The summed E-state index contributed by atoms with van der Waals surface area (Å²) in [4.78, 5) is 12.7. The molecule has 5 heteroatoms. The molecule has 5 nitrogen and oxygen atoms in total. The second kappa shape index (κ2) is 5.13. The van der Waals surface area contributed by atoms with Crippen molar-refractivity contribution in [2.45, 2.75) is 0 Å². The highest BCUT2D eigenvalue weighted by Crippen LogP contribution is 2.36. The first-order valence-electron chi connectivity index (χ1n) is 6.23. The minimum Gasteiger partial charge on any atom is -0.486 e. The van der Waals surface area contributed by atoms with Crippen LogP contribution in [0, 0.1) is 0 Å². The van der Waals surface area contributed by atoms with E-state index in [0.29, 0.717) is 36.1 Å². The van der Waals surface area contributed by atoms with Gasteiger partial charge in [0.2, 0.25) is 0 Å². The number of nitrogens with zero attached hydrogens (tertiary/aromatic N) is 1. The van der Waals surface area contributed by atoms with Gasteiger partial charge in [-0.3, -0.25) is 0 Å². The smallest absolute Gasteiger partial charge is 0.416 e. The Morgan fingerprint density at radius 1 is 0.950 bits per heavy atom. The molecule has 2 aromatic rings. The number of rotatable bonds is 2. The highest BCUT2D eigenvalue weighted by Gasteiger charge is 2.20. The molecule has 0 bridgehead atoms. The van der Waals surface area contributed by atoms with E-state index in [-0.39, 0.29) is 0 Å². The number of amides is 1. The molecule has 0 saturated carbocycles. The molecule has 0 aliphatic carbocycles. The van der Waals surface area contributed by atoms with Crippen molar-refractivity contribution in [2.75, 3.05) is 18.1 Å². The molecule has 1 aliphatic rings. The van der Waals surface area contributed by atoms with Gasteiger partial charge in [-0.15, -0.1) is 0 Å². The molecular weight excluding hydrogens is 258 g/mol. The van der Waals surface area contributed by atoms with Crippen LogP contribution in [0.3, 0.4) is 0 Å². The predicted octanol–water partition coefficient (Wildman–Crippen LogP) is 3.27. The number of para-hydroxylation sites is 1. The van der Waals surface area contributed by atoms with Gasteiger partial charge in [0.15, 0.2) is 11.5 Å². The van der Waals surface area contributed by atoms with Crippen LogP contribution in [0.1, 0.15) is 0 Å². The molecule has 3 rings (SSSR count). The number of fused-ring (bicyclic) bond motifs is 1. The monoisotopic (exact) mass is 271 g/mol. The van der Waals surface area contributed by atoms with Gasteiger partial charge in [-0.25, -0.2) is 9.69 Å². The Morgan fingerprint density at radius 3 is 2.35 bits per heavy atom. The van der Waals surface area contributed by atoms with Gasteiger partial charge in [0.1, 0.15) is 13.2 Å². The number of hydrogen-bond donors (Lipinski definition) is 1. The molecule has 0 fully saturated rings. The van der Waals surface area contributed by atoms with E-state index in [1.165, 1.54) is 4.90 Å². The third-order valence-electron chi connectivity index (χ3n) is 2.99. The van der Waals surface area contributed by atoms with Gasteiger partial charge < -0.3 is 14.6 Å². The summed E-state index contributed by atoms with van der Waals surface area (Å²) in [5.41, 5.74) is 1.10. The summed E-state index contributed by atoms with van der Waals surface area (Å²) in [7, 11) is 0. The van der Waals surface area contributed by atoms with E-state index in [9.17, 15) is 9.90 Å². The van der Waals surface area contributed by atoms with Crippen LogP contribution in [-0.2, 0) is 0 Å². The molecule has 1 heterocycles. The Bertz CT molecular complexity index is 627. The zero-order valence-electron chi connectivity index (χ0n) is 10.7. The average molecular weight is 271 g/mol. The summed E-state index contributed by atoms with van der Waals surface area (Å²) in [6.07, 6.45) is -1.05. The lowest BCUT2D eigenvalue weighted by Gasteiger charge is -2.23. The summed E-state index contributed by atoms with van der Waals surface area (Å²) in [6.45, 7) is 0.975. The molecule has 1 amide bonds. The molecule has 0 spiro atoms. The average Bonchev–Trinajstić information content (AvgIpc) is 2.48. The Kier molecular flexibility index (Phi) is 3.16. The van der Waals surface area contributed by atoms with Crippen LogP contribution >= 0.6 is 0 Å². The molecule has 0 aromatic heterocycles. The van der Waals surface area contributed by atoms with E-state index in [0.717, 1.165) is 0 Å². The second-order valence-electron chi connectivity index (χ2n) is 4.28. The fraction of sp³-hybridized carbons (Fsp3) is 0.133. The van der Waals surface area contributed by atoms with Crippen molar-refractivity contribution < 1.29 is 19.4 Å². The minimum atomic E-state index is -1.05. The van der Waals surface area contributed by atoms with Gasteiger partial charge in [-0.05, 0) is 24.3 Å². The van der Waals surface area contributed by atoms with Gasteiger partial charge in [-0.2, -0.15) is 0 Å². The zero-order chi connectivity index (χ0) is 13.9. The summed E-state index contributed by atoms with van der Waals surface area (Å²) in [5, 5.41) is 9.44. The lowest BCUT2D eigenvalue weighted by atomic mass is 10.2. The van der Waals surface area contributed by atoms with E-state index in [4.69, 9.17) is 9.47 Å². The van der Waals surface area contributed by atoms with Crippen LogP contribution in [0.25, 0.3) is 0 Å². The van der Waals surface area contributed by atoms with Crippen LogP contribution in [-0.4, -0.2) is 24.4 Å². The first-order valence-corrected chi connectivity index (χ1v) is 6.23. The molecule has 2 aromatic carbocycles. The van der Waals surface area contributed by atoms with Crippen molar-refractivity contribution in [1.82, 2.24) is 0 Å². The minimum absolute atomic E-state index is 0.467. The zero-order valence-corrected chi connectivity index (χ0v) is 10.7. The van der Waals surface area contributed by atoms with Gasteiger partial charge in [0, 0.05) is 6.07 Å². The Morgan fingerprint density at radius 2 is 1.65 bits per heavy atom. The van der Waals surface area contributed by atoms with Gasteiger partial charge in [-0.1, -0.05) is 18.2 Å². The Labute approximate surface area is 116 Å². The maximum Gasteiger partial charge on any atom is 0.416 e. The number of hydrogen-bond acceptors (Lipinski definition) is 3. The number of carboxylic acid groups (broad SMARTS) is 1. The van der Waals surface area contributed by atoms with Crippen LogP contribution < -0.4 is 14.4 Å². The highest BCUT2D eigenvalue weighted by molar-refractivity contribution is 5.95. The van der Waals surface area contributed by atoms with Gasteiger partial charge in [0.05, 0.1) is 11.4 Å². The standard InChI is InChI=1S/C15H13NO4/c17-15(18)16(11-4-2-1-3-5-11)12-6-7-13-14(10-12)20-9-8-19-13/h1-7,10H,8-9H2,(H,17,18). The van der Waals surface area contributed by atoms with E-state index in [1.807, 2.05) is 6.07 Å². The SMILES string of the molecule is O=C(O)N(c1ccccc1)c1ccc2c(c1)OCCO2. The lowest BCUT2D eigenvalue weighted by molar-refractivity contribution is 0.171. The highest BCUT2D eigenvalue weighted by atomic mass is 16.6. The quantitative estimate of drug-likeness (QED) is 0.910. The first kappa shape index (κ1) is 12.3. The topological polar surface area (TPSA) is 59.0 Å². The number of benzene rings is 2. The predicted molar refractivity (Wildman–Crippen MR) is 74.0 cm³/mol. The first-order chi connectivity index (χ1) is 9.75. The molecule has 20 heavy (non-hydrogen) atoms. The third-order valence-corrected chi connectivity index (χ3v) is 2.99. The fourth-order valence-electron chi connectivity index (χ4n) is 2.12. The Balaban J connectivity index is 2.02. The van der Waals surface area contributed by atoms with E-state index < -0.39 is 6.09 Å². The largest absolute Gasteiger partial charge is 0.486 e. The normalized spacial score (nSPS) is 12.8. The van der Waals surface area contributed by atoms with Crippen LogP contribution in [0.4, 0.5) is 16.2 Å². The van der Waals surface area contributed by atoms with Gasteiger partial charge in [0.25, 0.3) is 0 Å². The summed E-state index contributed by atoms with van der Waals surface area (Å²) >= 11 is 0. The third kappa shape index (κ3) is 2.25. The summed E-state index contributed by atoms with van der Waals surface area (Å²) in [6, 6.07) is 14.0. The van der Waals surface area contributed by atoms with Crippen molar-refractivity contribution in [2.24, 2.45) is 0 Å². The number of ether oxygens (including phenoxy) is 2. The Hall–Kier alpha value is -2.69. The van der Waals surface area contributed by atoms with Crippen molar-refractivity contribution in [1.29, 1.82) is 0 Å². The fourth-order valence-corrected chi connectivity index (χ4v) is 2.12. The van der Waals surface area contributed by atoms with Gasteiger partial charge >= 0.3 is 6.09 Å². The molecular formula is C15H13NO4. The van der Waals surface area contributed by atoms with Crippen LogP contribution in [0.5, 0.6) is 11.5 Å². The van der Waals surface area contributed by atoms with E-state index >= 15 is 0 Å². The molecule has 0 saturated heterocycles. The maximum atomic E-state index is 11.5. The summed E-state index contributed by atoms with van der Waals surface area (Å²) < 4.78 is 10.9. The molecule has 0 atom stereocenters. The van der Waals surface area contributed by atoms with Crippen molar-refractivity contribution in [3.8, 4) is 11.5 Å². The molecule has 0 radical (unpaired) electrons. The summed E-state index contributed by atoms with van der Waals surface area (Å²) in [5.74, 6) is 1.20. The van der Waals surface area contributed by atoms with E-state index in [2.05, 4.69) is 0 Å². The van der Waals surface area contributed by atoms with Crippen LogP contribution in [0.2, 0.25) is 0 Å². The lowest BCUT2D eigenvalue weighted by Crippen LogP contribution is -2.24. The number of anilines is 2. The van der Waals surface area contributed by atoms with Crippen molar-refractivity contribution >= 4 is 17.5 Å². The van der Waals surface area contributed by atoms with E-state index in [1.54, 1.807) is 42.5 Å². The van der Waals surface area contributed by atoms with Crippen LogP contribution in [0.15, 0.2) is 48.5 Å². The maximum absolute atomic E-state index is 11.5. The second-order valence-corrected chi connectivity index (χ2v) is 4.28.